The van der Waals surface area contributed by atoms with Gasteiger partial charge in [-0.3, -0.25) is 0 Å². The van der Waals surface area contributed by atoms with Crippen molar-refractivity contribution in [3.63, 3.8) is 0 Å². The largest absolute Gasteiger partial charge is 0.396 e. The highest BCUT2D eigenvalue weighted by molar-refractivity contribution is 4.75. The first-order chi connectivity index (χ1) is 8.26. The summed E-state index contributed by atoms with van der Waals surface area (Å²) in [6.07, 6.45) is 6.11. The molecule has 0 spiro atoms. The zero-order valence-corrected chi connectivity index (χ0v) is 11.6. The topological polar surface area (TPSA) is 35.5 Å². The van der Waals surface area contributed by atoms with E-state index in [0.717, 1.165) is 13.0 Å². The van der Waals surface area contributed by atoms with E-state index in [-0.39, 0.29) is 0 Å². The molecular weight excluding hydrogens is 212 g/mol. The Bertz CT molecular complexity index is 187. The van der Waals surface area contributed by atoms with Crippen molar-refractivity contribution >= 4 is 0 Å². The third-order valence-electron chi connectivity index (χ3n) is 3.74. The predicted octanol–water partition coefficient (Wildman–Crippen LogP) is 1.86. The number of nitrogens with one attached hydrogen (secondary N) is 1. The zero-order valence-electron chi connectivity index (χ0n) is 11.6. The Morgan fingerprint density at radius 3 is 2.88 bits per heavy atom. The maximum Gasteiger partial charge on any atom is 0.0434 e. The Labute approximate surface area is 107 Å². The van der Waals surface area contributed by atoms with Crippen LogP contribution in [0.15, 0.2) is 0 Å². The molecule has 0 amide bonds. The van der Waals surface area contributed by atoms with Gasteiger partial charge in [-0.25, -0.2) is 0 Å². The van der Waals surface area contributed by atoms with Gasteiger partial charge in [0.2, 0.25) is 0 Å². The Hall–Kier alpha value is -0.120. The van der Waals surface area contributed by atoms with Gasteiger partial charge in [-0.05, 0) is 64.2 Å². The maximum absolute atomic E-state index is 8.88. The summed E-state index contributed by atoms with van der Waals surface area (Å²) in [6.45, 7) is 9.63. The van der Waals surface area contributed by atoms with Crippen LogP contribution in [0.2, 0.25) is 0 Å². The van der Waals surface area contributed by atoms with Crippen molar-refractivity contribution in [2.24, 2.45) is 5.92 Å². The second-order valence-electron chi connectivity index (χ2n) is 5.50. The third-order valence-corrected chi connectivity index (χ3v) is 3.74. The molecule has 17 heavy (non-hydrogen) atoms. The van der Waals surface area contributed by atoms with E-state index in [4.69, 9.17) is 5.11 Å². The molecule has 1 heterocycles. The molecule has 0 aromatic heterocycles. The van der Waals surface area contributed by atoms with E-state index in [2.05, 4.69) is 24.1 Å². The van der Waals surface area contributed by atoms with E-state index in [0.29, 0.717) is 18.6 Å². The summed E-state index contributed by atoms with van der Waals surface area (Å²) in [7, 11) is 0. The fraction of sp³-hybridized carbons (Fsp3) is 1.00. The first-order valence-electron chi connectivity index (χ1n) is 7.32. The average Bonchev–Trinajstić information content (AvgIpc) is 2.53. The molecule has 2 N–H and O–H groups in total. The summed E-state index contributed by atoms with van der Waals surface area (Å²) >= 11 is 0. The number of rotatable bonds is 7. The van der Waals surface area contributed by atoms with Crippen LogP contribution in [0.25, 0.3) is 0 Å². The summed E-state index contributed by atoms with van der Waals surface area (Å²) in [5.74, 6) is 0.593. The van der Waals surface area contributed by atoms with Crippen LogP contribution in [0.3, 0.4) is 0 Å². The third kappa shape index (κ3) is 6.39. The van der Waals surface area contributed by atoms with E-state index < -0.39 is 0 Å². The van der Waals surface area contributed by atoms with Crippen molar-refractivity contribution in [2.75, 3.05) is 32.8 Å². The van der Waals surface area contributed by atoms with E-state index in [1.165, 1.54) is 45.3 Å². The Morgan fingerprint density at radius 2 is 2.18 bits per heavy atom. The van der Waals surface area contributed by atoms with Crippen molar-refractivity contribution in [1.29, 1.82) is 0 Å². The van der Waals surface area contributed by atoms with Gasteiger partial charge in [-0.2, -0.15) is 0 Å². The van der Waals surface area contributed by atoms with Crippen LogP contribution in [0.5, 0.6) is 0 Å². The lowest BCUT2D eigenvalue weighted by Gasteiger charge is -2.20. The SMILES string of the molecule is CCCN1CCCC(NCC(C)CCO)CC1. The van der Waals surface area contributed by atoms with Crippen LogP contribution in [0.4, 0.5) is 0 Å². The van der Waals surface area contributed by atoms with Crippen LogP contribution in [0, 0.1) is 5.92 Å². The van der Waals surface area contributed by atoms with Crippen molar-refractivity contribution in [3.8, 4) is 0 Å². The van der Waals surface area contributed by atoms with Gasteiger partial charge in [0, 0.05) is 12.6 Å². The van der Waals surface area contributed by atoms with Crippen molar-refractivity contribution in [3.05, 3.63) is 0 Å². The lowest BCUT2D eigenvalue weighted by Crippen LogP contribution is -2.34. The van der Waals surface area contributed by atoms with E-state index in [9.17, 15) is 0 Å². The van der Waals surface area contributed by atoms with Gasteiger partial charge in [0.25, 0.3) is 0 Å². The Morgan fingerprint density at radius 1 is 1.35 bits per heavy atom. The van der Waals surface area contributed by atoms with Gasteiger partial charge in [-0.1, -0.05) is 13.8 Å². The molecule has 0 bridgehead atoms. The van der Waals surface area contributed by atoms with E-state index in [1.807, 2.05) is 0 Å². The highest BCUT2D eigenvalue weighted by Crippen LogP contribution is 2.12. The molecule has 3 heteroatoms. The van der Waals surface area contributed by atoms with Crippen molar-refractivity contribution < 1.29 is 5.11 Å². The minimum atomic E-state index is 0.317. The molecule has 3 nitrogen and oxygen atoms in total. The number of aliphatic hydroxyl groups excluding tert-OH is 1. The maximum atomic E-state index is 8.88. The van der Waals surface area contributed by atoms with Crippen LogP contribution < -0.4 is 5.32 Å². The zero-order chi connectivity index (χ0) is 12.5. The molecule has 2 unspecified atom stereocenters. The number of hydrogen-bond acceptors (Lipinski definition) is 3. The summed E-state index contributed by atoms with van der Waals surface area (Å²) in [5.41, 5.74) is 0. The minimum Gasteiger partial charge on any atom is -0.396 e. The van der Waals surface area contributed by atoms with Gasteiger partial charge in [0.1, 0.15) is 0 Å². The molecule has 1 rings (SSSR count). The van der Waals surface area contributed by atoms with Gasteiger partial charge in [0.15, 0.2) is 0 Å². The lowest BCUT2D eigenvalue weighted by atomic mass is 10.1. The van der Waals surface area contributed by atoms with Crippen molar-refractivity contribution in [1.82, 2.24) is 10.2 Å². The van der Waals surface area contributed by atoms with E-state index in [1.54, 1.807) is 0 Å². The highest BCUT2D eigenvalue weighted by atomic mass is 16.3. The molecule has 2 atom stereocenters. The smallest absolute Gasteiger partial charge is 0.0434 e. The number of aliphatic hydroxyl groups is 1. The van der Waals surface area contributed by atoms with Crippen LogP contribution in [-0.2, 0) is 0 Å². The number of nitrogens with zero attached hydrogens (tertiary/aromatic N) is 1. The number of likely N-dealkylation sites (tertiary alicyclic amines) is 1. The van der Waals surface area contributed by atoms with Gasteiger partial charge >= 0.3 is 0 Å². The Kier molecular flexibility index (Phi) is 7.82. The summed E-state index contributed by atoms with van der Waals surface area (Å²) < 4.78 is 0. The molecule has 102 valence electrons. The molecule has 0 aliphatic carbocycles. The number of hydrogen-bond donors (Lipinski definition) is 2. The molecule has 1 saturated heterocycles. The minimum absolute atomic E-state index is 0.317. The predicted molar refractivity (Wildman–Crippen MR) is 73.2 cm³/mol. The van der Waals surface area contributed by atoms with Crippen molar-refractivity contribution in [2.45, 2.75) is 52.0 Å². The summed E-state index contributed by atoms with van der Waals surface area (Å²) in [4.78, 5) is 2.60. The monoisotopic (exact) mass is 242 g/mol. The van der Waals surface area contributed by atoms with Crippen LogP contribution in [-0.4, -0.2) is 48.8 Å². The molecule has 1 aliphatic heterocycles. The molecule has 0 aromatic carbocycles. The molecule has 0 saturated carbocycles. The lowest BCUT2D eigenvalue weighted by molar-refractivity contribution is 0.255. The average molecular weight is 242 g/mol. The molecule has 1 aliphatic rings. The van der Waals surface area contributed by atoms with Crippen LogP contribution >= 0.6 is 0 Å². The summed E-state index contributed by atoms with van der Waals surface area (Å²) in [5, 5.41) is 12.5. The standard InChI is InChI=1S/C14H30N2O/c1-3-8-16-9-4-5-14(6-10-16)15-12-13(2)7-11-17/h13-15,17H,3-12H2,1-2H3. The highest BCUT2D eigenvalue weighted by Gasteiger charge is 2.16. The fourth-order valence-electron chi connectivity index (χ4n) is 2.59. The quantitative estimate of drug-likeness (QED) is 0.715. The molecule has 0 aromatic rings. The molecule has 1 fully saturated rings. The Balaban J connectivity index is 2.17. The second kappa shape index (κ2) is 8.90. The van der Waals surface area contributed by atoms with Crippen LogP contribution in [0.1, 0.15) is 46.0 Å². The fourth-order valence-corrected chi connectivity index (χ4v) is 2.59. The normalized spacial score (nSPS) is 24.5. The summed E-state index contributed by atoms with van der Waals surface area (Å²) in [6, 6.07) is 0.693. The molecule has 0 radical (unpaired) electrons. The van der Waals surface area contributed by atoms with Gasteiger partial charge < -0.3 is 15.3 Å². The van der Waals surface area contributed by atoms with Gasteiger partial charge in [0.05, 0.1) is 0 Å². The van der Waals surface area contributed by atoms with E-state index >= 15 is 0 Å². The first kappa shape index (κ1) is 14.9. The second-order valence-corrected chi connectivity index (χ2v) is 5.50. The first-order valence-corrected chi connectivity index (χ1v) is 7.32. The van der Waals surface area contributed by atoms with Gasteiger partial charge in [-0.15, -0.1) is 0 Å². The molecular formula is C14H30N2O.